The minimum atomic E-state index is -0.386. The van der Waals surface area contributed by atoms with Crippen LogP contribution in [0.3, 0.4) is 0 Å². The molecule has 0 atom stereocenters. The molecule has 6 heteroatoms. The Kier molecular flexibility index (Phi) is 3.70. The van der Waals surface area contributed by atoms with Crippen molar-refractivity contribution < 1.29 is 4.79 Å². The second-order valence-electron chi connectivity index (χ2n) is 6.08. The molecule has 3 heterocycles. The smallest absolute Gasteiger partial charge is 0.252 e. The molecule has 3 N–H and O–H groups in total. The Labute approximate surface area is 143 Å². The fraction of sp³-hybridized carbons (Fsp3) is 0.222. The van der Waals surface area contributed by atoms with E-state index < -0.39 is 0 Å². The number of aromatic nitrogens is 1. The number of hydrogen-bond acceptors (Lipinski definition) is 4. The van der Waals surface area contributed by atoms with Crippen LogP contribution in [-0.2, 0) is 13.0 Å². The van der Waals surface area contributed by atoms with Gasteiger partial charge in [0.05, 0.1) is 5.56 Å². The highest BCUT2D eigenvalue weighted by atomic mass is 32.1. The summed E-state index contributed by atoms with van der Waals surface area (Å²) in [6, 6.07) is 8.08. The topological polar surface area (TPSA) is 74.5 Å². The maximum Gasteiger partial charge on any atom is 0.252 e. The zero-order valence-corrected chi connectivity index (χ0v) is 14.2. The Morgan fingerprint density at radius 2 is 2.25 bits per heavy atom. The summed E-state index contributed by atoms with van der Waals surface area (Å²) in [6.45, 7) is 1.79. The molecule has 1 aliphatic heterocycles. The highest BCUT2D eigenvalue weighted by molar-refractivity contribution is 7.16. The van der Waals surface area contributed by atoms with E-state index in [0.717, 1.165) is 41.5 Å². The zero-order chi connectivity index (χ0) is 16.7. The first-order chi connectivity index (χ1) is 11.6. The number of rotatable bonds is 3. The first-order valence-corrected chi connectivity index (χ1v) is 8.68. The minimum Gasteiger partial charge on any atom is -0.365 e. The van der Waals surface area contributed by atoms with Gasteiger partial charge in [-0.2, -0.15) is 0 Å². The highest BCUT2D eigenvalue weighted by Crippen LogP contribution is 2.38. The van der Waals surface area contributed by atoms with E-state index in [-0.39, 0.29) is 5.91 Å². The molecule has 1 amide bonds. The third kappa shape index (κ3) is 2.53. The van der Waals surface area contributed by atoms with Crippen LogP contribution >= 0.6 is 11.3 Å². The number of aliphatic imine (C=N–C) groups is 1. The lowest BCUT2D eigenvalue weighted by molar-refractivity contribution is 0.1000. The second-order valence-corrected chi connectivity index (χ2v) is 7.17. The third-order valence-electron chi connectivity index (χ3n) is 4.42. The number of nitrogens with two attached hydrogens (primary N) is 1. The molecule has 0 radical (unpaired) electrons. The standard InChI is InChI=1S/C18H18N4OS/c1-22-7-6-13-15(10-22)24-18(16(13)17(19)23)21-9-11-8-20-14-5-3-2-4-12(11)14/h2-5,8-9,20H,6-7,10H2,1H3,(H2,19,23). The number of nitrogens with zero attached hydrogens (tertiary/aromatic N) is 2. The van der Waals surface area contributed by atoms with Gasteiger partial charge < -0.3 is 15.6 Å². The summed E-state index contributed by atoms with van der Waals surface area (Å²) in [5, 5.41) is 1.83. The lowest BCUT2D eigenvalue weighted by Crippen LogP contribution is -2.26. The molecule has 5 nitrogen and oxygen atoms in total. The van der Waals surface area contributed by atoms with Crippen molar-refractivity contribution >= 4 is 39.4 Å². The zero-order valence-electron chi connectivity index (χ0n) is 13.4. The summed E-state index contributed by atoms with van der Waals surface area (Å²) >= 11 is 1.57. The Morgan fingerprint density at radius 1 is 1.42 bits per heavy atom. The molecule has 24 heavy (non-hydrogen) atoms. The van der Waals surface area contributed by atoms with Gasteiger partial charge in [0.15, 0.2) is 0 Å². The van der Waals surface area contributed by atoms with Crippen molar-refractivity contribution in [1.29, 1.82) is 0 Å². The summed E-state index contributed by atoms with van der Waals surface area (Å²) in [7, 11) is 2.08. The molecule has 0 unspecified atom stereocenters. The largest absolute Gasteiger partial charge is 0.365 e. The maximum absolute atomic E-state index is 11.9. The number of H-pyrrole nitrogens is 1. The van der Waals surface area contributed by atoms with E-state index in [1.54, 1.807) is 11.3 Å². The molecular weight excluding hydrogens is 320 g/mol. The van der Waals surface area contributed by atoms with Crippen LogP contribution in [0.4, 0.5) is 5.00 Å². The van der Waals surface area contributed by atoms with Gasteiger partial charge in [0, 0.05) is 46.8 Å². The number of hydrogen-bond donors (Lipinski definition) is 2. The number of nitrogens with one attached hydrogen (secondary N) is 1. The van der Waals surface area contributed by atoms with Crippen molar-refractivity contribution in [3.05, 3.63) is 52.0 Å². The predicted octanol–water partition coefficient (Wildman–Crippen LogP) is 3.07. The molecular formula is C18H18N4OS. The van der Waals surface area contributed by atoms with Crippen LogP contribution in [0.15, 0.2) is 35.5 Å². The van der Waals surface area contributed by atoms with Gasteiger partial charge in [-0.3, -0.25) is 4.79 Å². The Hall–Kier alpha value is -2.44. The van der Waals surface area contributed by atoms with Crippen molar-refractivity contribution in [1.82, 2.24) is 9.88 Å². The molecule has 0 bridgehead atoms. The average Bonchev–Trinajstić information content (AvgIpc) is 3.13. The van der Waals surface area contributed by atoms with Gasteiger partial charge in [0.25, 0.3) is 5.91 Å². The lowest BCUT2D eigenvalue weighted by atomic mass is 10.0. The second kappa shape index (κ2) is 5.89. The van der Waals surface area contributed by atoms with Crippen LogP contribution in [0.1, 0.15) is 26.4 Å². The Morgan fingerprint density at radius 3 is 3.08 bits per heavy atom. The van der Waals surface area contributed by atoms with E-state index in [1.807, 2.05) is 30.6 Å². The van der Waals surface area contributed by atoms with E-state index in [9.17, 15) is 4.79 Å². The van der Waals surface area contributed by atoms with Gasteiger partial charge in [-0.25, -0.2) is 4.99 Å². The summed E-state index contributed by atoms with van der Waals surface area (Å²) < 4.78 is 0. The van der Waals surface area contributed by atoms with Gasteiger partial charge >= 0.3 is 0 Å². The van der Waals surface area contributed by atoms with Gasteiger partial charge in [-0.1, -0.05) is 18.2 Å². The van der Waals surface area contributed by atoms with Crippen molar-refractivity contribution in [3.8, 4) is 0 Å². The molecule has 0 spiro atoms. The molecule has 1 aliphatic rings. The highest BCUT2D eigenvalue weighted by Gasteiger charge is 2.25. The molecule has 2 aromatic heterocycles. The lowest BCUT2D eigenvalue weighted by Gasteiger charge is -2.22. The number of thiophene rings is 1. The molecule has 0 aliphatic carbocycles. The van der Waals surface area contributed by atoms with Gasteiger partial charge in [0.1, 0.15) is 5.00 Å². The van der Waals surface area contributed by atoms with Crippen LogP contribution in [-0.4, -0.2) is 35.6 Å². The SMILES string of the molecule is CN1CCc2c(sc(N=Cc3c[nH]c4ccccc34)c2C(N)=O)C1. The van der Waals surface area contributed by atoms with Crippen molar-refractivity contribution in [3.63, 3.8) is 0 Å². The molecule has 4 rings (SSSR count). The van der Waals surface area contributed by atoms with Crippen molar-refractivity contribution in [2.75, 3.05) is 13.6 Å². The minimum absolute atomic E-state index is 0.386. The molecule has 0 saturated heterocycles. The third-order valence-corrected chi connectivity index (χ3v) is 5.54. The van der Waals surface area contributed by atoms with E-state index in [1.165, 1.54) is 4.88 Å². The molecule has 0 saturated carbocycles. The number of carbonyl (C=O) groups is 1. The Balaban J connectivity index is 1.75. The predicted molar refractivity (Wildman–Crippen MR) is 98.4 cm³/mol. The quantitative estimate of drug-likeness (QED) is 0.720. The van der Waals surface area contributed by atoms with Crippen LogP contribution in [0, 0.1) is 0 Å². The van der Waals surface area contributed by atoms with Crippen LogP contribution < -0.4 is 5.73 Å². The van der Waals surface area contributed by atoms with E-state index >= 15 is 0 Å². The molecule has 3 aromatic rings. The van der Waals surface area contributed by atoms with Gasteiger partial charge in [-0.15, -0.1) is 11.3 Å². The van der Waals surface area contributed by atoms with Crippen LogP contribution in [0.25, 0.3) is 10.9 Å². The number of para-hydroxylation sites is 1. The number of amides is 1. The van der Waals surface area contributed by atoms with Crippen LogP contribution in [0.2, 0.25) is 0 Å². The van der Waals surface area contributed by atoms with Crippen LogP contribution in [0.5, 0.6) is 0 Å². The maximum atomic E-state index is 11.9. The number of benzene rings is 1. The van der Waals surface area contributed by atoms with Crippen molar-refractivity contribution in [2.24, 2.45) is 10.7 Å². The number of primary amides is 1. The summed E-state index contributed by atoms with van der Waals surface area (Å²) in [5.74, 6) is -0.386. The molecule has 1 aromatic carbocycles. The average molecular weight is 338 g/mol. The molecule has 0 fully saturated rings. The van der Waals surface area contributed by atoms with E-state index in [4.69, 9.17) is 5.73 Å². The van der Waals surface area contributed by atoms with E-state index in [2.05, 4.69) is 28.0 Å². The number of carbonyl (C=O) groups excluding carboxylic acids is 1. The summed E-state index contributed by atoms with van der Waals surface area (Å²) in [6.07, 6.45) is 4.59. The molecule has 122 valence electrons. The summed E-state index contributed by atoms with van der Waals surface area (Å²) in [5.41, 5.74) is 9.38. The fourth-order valence-corrected chi connectivity index (χ4v) is 4.47. The van der Waals surface area contributed by atoms with E-state index in [0.29, 0.717) is 10.6 Å². The first kappa shape index (κ1) is 15.1. The van der Waals surface area contributed by atoms with Gasteiger partial charge in [-0.05, 0) is 25.1 Å². The fourth-order valence-electron chi connectivity index (χ4n) is 3.19. The monoisotopic (exact) mass is 338 g/mol. The number of likely N-dealkylation sites (N-methyl/N-ethyl adjacent to an activating group) is 1. The normalized spacial score (nSPS) is 15.2. The Bertz CT molecular complexity index is 953. The van der Waals surface area contributed by atoms with Gasteiger partial charge in [0.2, 0.25) is 0 Å². The summed E-state index contributed by atoms with van der Waals surface area (Å²) in [4.78, 5) is 23.2. The number of fused-ring (bicyclic) bond motifs is 2. The first-order valence-electron chi connectivity index (χ1n) is 7.86. The van der Waals surface area contributed by atoms with Crippen molar-refractivity contribution in [2.45, 2.75) is 13.0 Å². The number of aromatic amines is 1.